The Bertz CT molecular complexity index is 1750. The largest absolute Gasteiger partial charge is 0.320 e. The van der Waals surface area contributed by atoms with Gasteiger partial charge in [-0.1, -0.05) is 65.0 Å². The average molecular weight is 554 g/mol. The van der Waals surface area contributed by atoms with Crippen LogP contribution in [0.1, 0.15) is 75.7 Å². The topological polar surface area (TPSA) is 56.0 Å². The van der Waals surface area contributed by atoms with Gasteiger partial charge in [-0.05, 0) is 54.7 Å². The molecule has 0 aliphatic rings. The molecular formula is C32H35N5S2. The molecule has 0 fully saturated rings. The molecule has 6 aromatic rings. The highest BCUT2D eigenvalue weighted by Crippen LogP contribution is 2.41. The number of thiazole rings is 1. The first-order chi connectivity index (χ1) is 18.5. The van der Waals surface area contributed by atoms with E-state index in [1.165, 1.54) is 21.5 Å². The molecule has 6 aromatic heterocycles. The van der Waals surface area contributed by atoms with E-state index in [2.05, 4.69) is 111 Å². The van der Waals surface area contributed by atoms with Crippen LogP contribution in [0.4, 0.5) is 0 Å². The molecule has 6 heterocycles. The van der Waals surface area contributed by atoms with Gasteiger partial charge in [0.05, 0.1) is 0 Å². The van der Waals surface area contributed by atoms with Gasteiger partial charge in [-0.3, -0.25) is 0 Å². The minimum Gasteiger partial charge on any atom is -0.320 e. The number of thiophene rings is 1. The van der Waals surface area contributed by atoms with Crippen LogP contribution in [0.25, 0.3) is 26.2 Å². The Labute approximate surface area is 238 Å². The zero-order chi connectivity index (χ0) is 27.4. The zero-order valence-electron chi connectivity index (χ0n) is 23.5. The molecule has 0 saturated heterocycles. The molecule has 6 rings (SSSR count). The summed E-state index contributed by atoms with van der Waals surface area (Å²) in [5.74, 6) is 0. The van der Waals surface area contributed by atoms with E-state index in [0.29, 0.717) is 0 Å². The van der Waals surface area contributed by atoms with E-state index in [0.717, 1.165) is 45.3 Å². The fourth-order valence-corrected chi connectivity index (χ4v) is 7.46. The summed E-state index contributed by atoms with van der Waals surface area (Å²) in [6.07, 6.45) is 8.48. The Morgan fingerprint density at radius 1 is 0.795 bits per heavy atom. The minimum atomic E-state index is -0.131. The van der Waals surface area contributed by atoms with Crippen molar-refractivity contribution in [3.05, 3.63) is 88.4 Å². The highest BCUT2D eigenvalue weighted by atomic mass is 32.1. The summed E-state index contributed by atoms with van der Waals surface area (Å²) in [5.41, 5.74) is 4.31. The Morgan fingerprint density at radius 3 is 2.38 bits per heavy atom. The van der Waals surface area contributed by atoms with Crippen LogP contribution in [0.3, 0.4) is 0 Å². The summed E-state index contributed by atoms with van der Waals surface area (Å²) in [4.78, 5) is 22.4. The Hall–Kier alpha value is -3.16. The minimum absolute atomic E-state index is 0.106. The van der Waals surface area contributed by atoms with Gasteiger partial charge in [0.2, 0.25) is 0 Å². The van der Waals surface area contributed by atoms with E-state index < -0.39 is 0 Å². The van der Waals surface area contributed by atoms with Crippen LogP contribution in [0.2, 0.25) is 0 Å². The van der Waals surface area contributed by atoms with Gasteiger partial charge in [0.25, 0.3) is 0 Å². The zero-order valence-corrected chi connectivity index (χ0v) is 25.2. The number of aromatic nitrogens is 5. The second-order valence-corrected chi connectivity index (χ2v) is 14.6. The van der Waals surface area contributed by atoms with Crippen LogP contribution in [0.15, 0.2) is 67.1 Å². The molecule has 1 unspecified atom stereocenters. The Kier molecular flexibility index (Phi) is 6.35. The van der Waals surface area contributed by atoms with Gasteiger partial charge in [0, 0.05) is 63.0 Å². The van der Waals surface area contributed by atoms with Gasteiger partial charge in [-0.25, -0.2) is 19.9 Å². The summed E-state index contributed by atoms with van der Waals surface area (Å²) in [6.45, 7) is 13.8. The quantitative estimate of drug-likeness (QED) is 0.199. The maximum absolute atomic E-state index is 5.20. The van der Waals surface area contributed by atoms with Crippen molar-refractivity contribution in [3.8, 4) is 0 Å². The van der Waals surface area contributed by atoms with Crippen LogP contribution < -0.4 is 0 Å². The monoisotopic (exact) mass is 553 g/mol. The predicted molar refractivity (Wildman–Crippen MR) is 164 cm³/mol. The summed E-state index contributed by atoms with van der Waals surface area (Å²) < 4.78 is 2.35. The molecule has 0 spiro atoms. The van der Waals surface area contributed by atoms with E-state index in [4.69, 9.17) is 9.97 Å². The average Bonchev–Trinajstić information content (AvgIpc) is 3.64. The molecule has 0 aliphatic carbocycles. The first-order valence-corrected chi connectivity index (χ1v) is 15.2. The lowest BCUT2D eigenvalue weighted by Gasteiger charge is -2.34. The predicted octanol–water partition coefficient (Wildman–Crippen LogP) is 8.50. The summed E-state index contributed by atoms with van der Waals surface area (Å²) in [5, 5.41) is 2.33. The standard InChI is InChI=1S/C32H35N5S2/c1-30(2,3)25-19-21-12-13-22(35-27(21)38-25)20-32(6,24-11-7-9-23-10-8-18-37(23)24)15-14-31(4,5)29-36-26-28(39-29)34-17-16-33-26/h7-13,16-19H,14-15,20H2,1-6H3. The molecule has 0 bridgehead atoms. The SMILES string of the molecule is CC(C)(C)c1cc2ccc(CC(C)(CCC(C)(C)c3nc4nccnc4s3)c3cccc4cccn34)nc2s1. The van der Waals surface area contributed by atoms with Gasteiger partial charge < -0.3 is 4.40 Å². The molecule has 0 aromatic carbocycles. The van der Waals surface area contributed by atoms with Crippen LogP contribution in [0, 0.1) is 0 Å². The van der Waals surface area contributed by atoms with Crippen molar-refractivity contribution in [2.24, 2.45) is 0 Å². The van der Waals surface area contributed by atoms with Gasteiger partial charge >= 0.3 is 0 Å². The molecule has 1 atom stereocenters. The van der Waals surface area contributed by atoms with E-state index in [-0.39, 0.29) is 16.2 Å². The molecule has 0 aliphatic heterocycles. The van der Waals surface area contributed by atoms with Crippen LogP contribution in [-0.4, -0.2) is 24.3 Å². The van der Waals surface area contributed by atoms with E-state index in [1.807, 2.05) is 11.3 Å². The molecule has 0 radical (unpaired) electrons. The third kappa shape index (κ3) is 4.98. The highest BCUT2D eigenvalue weighted by Gasteiger charge is 2.34. The number of hydrogen-bond acceptors (Lipinski definition) is 6. The Morgan fingerprint density at radius 2 is 1.59 bits per heavy atom. The number of fused-ring (bicyclic) bond motifs is 3. The van der Waals surface area contributed by atoms with Gasteiger partial charge in [0.15, 0.2) is 10.5 Å². The lowest BCUT2D eigenvalue weighted by Crippen LogP contribution is -2.31. The normalized spacial score (nSPS) is 14.4. The second-order valence-electron chi connectivity index (χ2n) is 12.6. The van der Waals surface area contributed by atoms with E-state index in [1.54, 1.807) is 23.7 Å². The first-order valence-electron chi connectivity index (χ1n) is 13.6. The van der Waals surface area contributed by atoms with Crippen molar-refractivity contribution < 1.29 is 0 Å². The molecular weight excluding hydrogens is 519 g/mol. The van der Waals surface area contributed by atoms with Crippen molar-refractivity contribution in [1.29, 1.82) is 0 Å². The number of rotatable bonds is 7. The van der Waals surface area contributed by atoms with E-state index in [9.17, 15) is 0 Å². The molecule has 5 nitrogen and oxygen atoms in total. The maximum atomic E-state index is 5.20. The summed E-state index contributed by atoms with van der Waals surface area (Å²) in [6, 6.07) is 17.8. The second kappa shape index (κ2) is 9.49. The highest BCUT2D eigenvalue weighted by molar-refractivity contribution is 7.18. The molecule has 0 N–H and O–H groups in total. The third-order valence-corrected chi connectivity index (χ3v) is 10.6. The Balaban J connectivity index is 1.36. The number of nitrogens with zero attached hydrogens (tertiary/aromatic N) is 5. The molecule has 200 valence electrons. The van der Waals surface area contributed by atoms with Gasteiger partial charge in [0.1, 0.15) is 9.84 Å². The maximum Gasteiger partial charge on any atom is 0.189 e. The van der Waals surface area contributed by atoms with Crippen molar-refractivity contribution in [2.45, 2.75) is 77.0 Å². The van der Waals surface area contributed by atoms with Crippen molar-refractivity contribution in [1.82, 2.24) is 24.3 Å². The lowest BCUT2D eigenvalue weighted by atomic mass is 9.73. The number of hydrogen-bond donors (Lipinski definition) is 0. The van der Waals surface area contributed by atoms with E-state index >= 15 is 0 Å². The smallest absolute Gasteiger partial charge is 0.189 e. The number of pyridine rings is 2. The van der Waals surface area contributed by atoms with Crippen LogP contribution in [0.5, 0.6) is 0 Å². The molecule has 0 saturated carbocycles. The molecule has 0 amide bonds. The third-order valence-electron chi connectivity index (χ3n) is 7.86. The van der Waals surface area contributed by atoms with Crippen LogP contribution in [-0.2, 0) is 22.7 Å². The molecule has 7 heteroatoms. The van der Waals surface area contributed by atoms with Crippen LogP contribution >= 0.6 is 22.7 Å². The lowest BCUT2D eigenvalue weighted by molar-refractivity contribution is 0.340. The van der Waals surface area contributed by atoms with Crippen molar-refractivity contribution >= 4 is 48.9 Å². The van der Waals surface area contributed by atoms with Crippen molar-refractivity contribution in [3.63, 3.8) is 0 Å². The van der Waals surface area contributed by atoms with Gasteiger partial charge in [-0.15, -0.1) is 11.3 Å². The van der Waals surface area contributed by atoms with Crippen molar-refractivity contribution in [2.75, 3.05) is 0 Å². The first kappa shape index (κ1) is 26.1. The fourth-order valence-electron chi connectivity index (χ4n) is 5.35. The van der Waals surface area contributed by atoms with Gasteiger partial charge in [-0.2, -0.15) is 0 Å². The molecule has 39 heavy (non-hydrogen) atoms. The summed E-state index contributed by atoms with van der Waals surface area (Å²) in [7, 11) is 0. The fraction of sp³-hybridized carbons (Fsp3) is 0.375. The summed E-state index contributed by atoms with van der Waals surface area (Å²) >= 11 is 3.49.